The second-order valence-corrected chi connectivity index (χ2v) is 4.66. The van der Waals surface area contributed by atoms with Gasteiger partial charge in [-0.15, -0.1) is 0 Å². The minimum Gasteiger partial charge on any atom is -0.339 e. The molecule has 1 N–H and O–H groups in total. The number of hydrogen-bond donors (Lipinski definition) is 1. The highest BCUT2D eigenvalue weighted by Crippen LogP contribution is 2.26. The molecule has 1 amide bonds. The van der Waals surface area contributed by atoms with E-state index in [1.54, 1.807) is 12.4 Å². The fourth-order valence-corrected chi connectivity index (χ4v) is 1.93. The van der Waals surface area contributed by atoms with Crippen molar-refractivity contribution >= 4 is 5.91 Å². The Morgan fingerprint density at radius 3 is 2.78 bits per heavy atom. The van der Waals surface area contributed by atoms with Gasteiger partial charge in [-0.3, -0.25) is 14.8 Å². The lowest BCUT2D eigenvalue weighted by Gasteiger charge is -2.20. The fourth-order valence-electron chi connectivity index (χ4n) is 1.93. The van der Waals surface area contributed by atoms with Crippen molar-refractivity contribution < 1.29 is 4.79 Å². The van der Waals surface area contributed by atoms with Crippen molar-refractivity contribution in [1.29, 1.82) is 0 Å². The summed E-state index contributed by atoms with van der Waals surface area (Å²) in [4.78, 5) is 22.3. The molecule has 1 heterocycles. The van der Waals surface area contributed by atoms with E-state index in [1.165, 1.54) is 0 Å². The van der Waals surface area contributed by atoms with Crippen molar-refractivity contribution in [3.63, 3.8) is 0 Å². The number of carbonyl (C=O) groups is 1. The predicted octanol–water partition coefficient (Wildman–Crippen LogP) is 0.886. The third-order valence-electron chi connectivity index (χ3n) is 3.07. The number of aryl methyl sites for hydroxylation is 1. The summed E-state index contributed by atoms with van der Waals surface area (Å²) >= 11 is 0. The molecular weight excluding hydrogens is 228 g/mol. The number of nitrogens with zero attached hydrogens (tertiary/aromatic N) is 3. The van der Waals surface area contributed by atoms with E-state index >= 15 is 0 Å². The lowest BCUT2D eigenvalue weighted by molar-refractivity contribution is -0.130. The van der Waals surface area contributed by atoms with Crippen LogP contribution in [0.15, 0.2) is 12.4 Å². The van der Waals surface area contributed by atoms with Crippen LogP contribution in [-0.4, -0.2) is 39.9 Å². The highest BCUT2D eigenvalue weighted by molar-refractivity contribution is 5.78. The standard InChI is InChI=1S/C13H20N4O/c1-3-17(12-4-5-12)13(18)9-14-7-11-8-15-10(2)6-16-11/h6,8,12,14H,3-5,7,9H2,1-2H3. The quantitative estimate of drug-likeness (QED) is 0.812. The van der Waals surface area contributed by atoms with Crippen LogP contribution in [0.1, 0.15) is 31.2 Å². The molecule has 0 bridgehead atoms. The highest BCUT2D eigenvalue weighted by atomic mass is 16.2. The molecule has 0 spiro atoms. The van der Waals surface area contributed by atoms with Crippen molar-refractivity contribution in [2.75, 3.05) is 13.1 Å². The van der Waals surface area contributed by atoms with Gasteiger partial charge in [-0.05, 0) is 26.7 Å². The molecule has 1 saturated carbocycles. The molecule has 18 heavy (non-hydrogen) atoms. The fraction of sp³-hybridized carbons (Fsp3) is 0.615. The Kier molecular flexibility index (Phi) is 4.25. The zero-order valence-corrected chi connectivity index (χ0v) is 11.0. The van der Waals surface area contributed by atoms with Crippen LogP contribution in [-0.2, 0) is 11.3 Å². The maximum atomic E-state index is 11.9. The maximum absolute atomic E-state index is 11.9. The van der Waals surface area contributed by atoms with Crippen LogP contribution < -0.4 is 5.32 Å². The van der Waals surface area contributed by atoms with Gasteiger partial charge in [0, 0.05) is 31.5 Å². The monoisotopic (exact) mass is 248 g/mol. The van der Waals surface area contributed by atoms with Crippen LogP contribution in [0, 0.1) is 6.92 Å². The molecule has 0 saturated heterocycles. The Morgan fingerprint density at radius 1 is 1.44 bits per heavy atom. The van der Waals surface area contributed by atoms with E-state index < -0.39 is 0 Å². The summed E-state index contributed by atoms with van der Waals surface area (Å²) in [5, 5.41) is 3.12. The van der Waals surface area contributed by atoms with Gasteiger partial charge in [0.1, 0.15) is 0 Å². The first-order valence-corrected chi connectivity index (χ1v) is 6.48. The second kappa shape index (κ2) is 5.91. The van der Waals surface area contributed by atoms with Gasteiger partial charge in [0.15, 0.2) is 0 Å². The molecular formula is C13H20N4O. The number of hydrogen-bond acceptors (Lipinski definition) is 4. The molecule has 0 radical (unpaired) electrons. The molecule has 1 aliphatic carbocycles. The summed E-state index contributed by atoms with van der Waals surface area (Å²) in [6, 6.07) is 0.489. The summed E-state index contributed by atoms with van der Waals surface area (Å²) < 4.78 is 0. The van der Waals surface area contributed by atoms with Gasteiger partial charge in [-0.25, -0.2) is 0 Å². The molecule has 0 aliphatic heterocycles. The number of rotatable bonds is 6. The van der Waals surface area contributed by atoms with Crippen LogP contribution in [0.4, 0.5) is 0 Å². The summed E-state index contributed by atoms with van der Waals surface area (Å²) in [6.45, 7) is 5.70. The molecule has 1 fully saturated rings. The summed E-state index contributed by atoms with van der Waals surface area (Å²) in [5.41, 5.74) is 1.77. The number of nitrogens with one attached hydrogen (secondary N) is 1. The van der Waals surface area contributed by atoms with E-state index in [0.29, 0.717) is 19.1 Å². The summed E-state index contributed by atoms with van der Waals surface area (Å²) in [5.74, 6) is 0.181. The zero-order chi connectivity index (χ0) is 13.0. The topological polar surface area (TPSA) is 58.1 Å². The van der Waals surface area contributed by atoms with Gasteiger partial charge in [0.05, 0.1) is 17.9 Å². The minimum absolute atomic E-state index is 0.181. The first kappa shape index (κ1) is 13.0. The van der Waals surface area contributed by atoms with Gasteiger partial charge < -0.3 is 10.2 Å². The molecule has 0 aromatic carbocycles. The van der Waals surface area contributed by atoms with Crippen molar-refractivity contribution in [3.05, 3.63) is 23.8 Å². The van der Waals surface area contributed by atoms with Crippen LogP contribution in [0.25, 0.3) is 0 Å². The van der Waals surface area contributed by atoms with E-state index in [0.717, 1.165) is 30.8 Å². The van der Waals surface area contributed by atoms with Crippen LogP contribution in [0.2, 0.25) is 0 Å². The molecule has 2 rings (SSSR count). The van der Waals surface area contributed by atoms with Gasteiger partial charge in [0.25, 0.3) is 0 Å². The highest BCUT2D eigenvalue weighted by Gasteiger charge is 2.30. The number of likely N-dealkylation sites (N-methyl/N-ethyl adjacent to an activating group) is 1. The minimum atomic E-state index is 0.181. The molecule has 1 aromatic rings. The average Bonchev–Trinajstić information content (AvgIpc) is 3.17. The smallest absolute Gasteiger partial charge is 0.236 e. The summed E-state index contributed by atoms with van der Waals surface area (Å²) in [6.07, 6.45) is 5.79. The largest absolute Gasteiger partial charge is 0.339 e. The molecule has 98 valence electrons. The van der Waals surface area contributed by atoms with Gasteiger partial charge in [0.2, 0.25) is 5.91 Å². The molecule has 0 atom stereocenters. The molecule has 5 heteroatoms. The van der Waals surface area contributed by atoms with Crippen molar-refractivity contribution in [2.24, 2.45) is 0 Å². The maximum Gasteiger partial charge on any atom is 0.236 e. The lowest BCUT2D eigenvalue weighted by Crippen LogP contribution is -2.39. The number of amides is 1. The lowest BCUT2D eigenvalue weighted by atomic mass is 10.4. The first-order chi connectivity index (χ1) is 8.70. The zero-order valence-electron chi connectivity index (χ0n) is 11.0. The van der Waals surface area contributed by atoms with Crippen molar-refractivity contribution in [2.45, 2.75) is 39.3 Å². The first-order valence-electron chi connectivity index (χ1n) is 6.48. The Bertz CT molecular complexity index is 400. The third-order valence-corrected chi connectivity index (χ3v) is 3.07. The van der Waals surface area contributed by atoms with Crippen molar-refractivity contribution in [3.8, 4) is 0 Å². The van der Waals surface area contributed by atoms with Crippen LogP contribution >= 0.6 is 0 Å². The van der Waals surface area contributed by atoms with Crippen molar-refractivity contribution in [1.82, 2.24) is 20.2 Å². The molecule has 0 unspecified atom stereocenters. The second-order valence-electron chi connectivity index (χ2n) is 4.66. The van der Waals surface area contributed by atoms with E-state index in [-0.39, 0.29) is 5.91 Å². The third kappa shape index (κ3) is 3.50. The number of carbonyl (C=O) groups excluding carboxylic acids is 1. The number of aromatic nitrogens is 2. The molecule has 5 nitrogen and oxygen atoms in total. The van der Waals surface area contributed by atoms with E-state index in [9.17, 15) is 4.79 Å². The van der Waals surface area contributed by atoms with E-state index in [2.05, 4.69) is 15.3 Å². The predicted molar refractivity (Wildman–Crippen MR) is 68.9 cm³/mol. The Morgan fingerprint density at radius 2 is 2.22 bits per heavy atom. The average molecular weight is 248 g/mol. The van der Waals surface area contributed by atoms with Crippen LogP contribution in [0.3, 0.4) is 0 Å². The molecule has 1 aromatic heterocycles. The Labute approximate surface area is 108 Å². The van der Waals surface area contributed by atoms with E-state index in [1.807, 2.05) is 18.7 Å². The Balaban J connectivity index is 1.74. The van der Waals surface area contributed by atoms with Crippen LogP contribution in [0.5, 0.6) is 0 Å². The SMILES string of the molecule is CCN(C(=O)CNCc1cnc(C)cn1)C1CC1. The normalized spacial score (nSPS) is 14.6. The van der Waals surface area contributed by atoms with Gasteiger partial charge in [-0.2, -0.15) is 0 Å². The van der Waals surface area contributed by atoms with Gasteiger partial charge in [-0.1, -0.05) is 0 Å². The Hall–Kier alpha value is -1.49. The van der Waals surface area contributed by atoms with Gasteiger partial charge >= 0.3 is 0 Å². The summed E-state index contributed by atoms with van der Waals surface area (Å²) in [7, 11) is 0. The van der Waals surface area contributed by atoms with E-state index in [4.69, 9.17) is 0 Å². The molecule has 1 aliphatic rings.